The maximum Gasteiger partial charge on any atom is 0.339 e. The zero-order valence-corrected chi connectivity index (χ0v) is 18.5. The molecule has 0 amide bonds. The molecular formula is C23H24N2O8. The Morgan fingerprint density at radius 2 is 1.85 bits per heavy atom. The van der Waals surface area contributed by atoms with Crippen LogP contribution in [-0.4, -0.2) is 50.7 Å². The lowest BCUT2D eigenvalue weighted by Gasteiger charge is -2.40. The molecule has 0 unspecified atom stereocenters. The summed E-state index contributed by atoms with van der Waals surface area (Å²) in [5, 5.41) is 0. The molecule has 1 atom stereocenters. The number of nitrogens with zero attached hydrogens (tertiary/aromatic N) is 1. The number of esters is 4. The van der Waals surface area contributed by atoms with Gasteiger partial charge in [0.2, 0.25) is 0 Å². The van der Waals surface area contributed by atoms with E-state index in [1.807, 2.05) is 0 Å². The SMILES string of the molecule is C=CCOC(=O)C1=C(C)OC(=O)[C@@]12C(C(=O)OCC)=C(N)N(CC(=O)OC)c1ccccc12. The van der Waals surface area contributed by atoms with Crippen molar-refractivity contribution in [2.45, 2.75) is 19.3 Å². The summed E-state index contributed by atoms with van der Waals surface area (Å²) >= 11 is 0. The molecule has 1 aromatic rings. The number of ether oxygens (including phenoxy) is 4. The lowest BCUT2D eigenvalue weighted by atomic mass is 9.66. The van der Waals surface area contributed by atoms with Crippen molar-refractivity contribution in [2.24, 2.45) is 5.73 Å². The third-order valence-corrected chi connectivity index (χ3v) is 5.33. The number of hydrogen-bond donors (Lipinski definition) is 1. The van der Waals surface area contributed by atoms with E-state index in [1.165, 1.54) is 25.0 Å². The second-order valence-corrected chi connectivity index (χ2v) is 7.12. The van der Waals surface area contributed by atoms with E-state index in [0.29, 0.717) is 5.69 Å². The Kier molecular flexibility index (Phi) is 6.57. The highest BCUT2D eigenvalue weighted by atomic mass is 16.6. The minimum Gasteiger partial charge on any atom is -0.468 e. The molecule has 2 N–H and O–H groups in total. The molecule has 0 saturated heterocycles. The maximum absolute atomic E-state index is 13.5. The van der Waals surface area contributed by atoms with Crippen molar-refractivity contribution in [3.8, 4) is 0 Å². The minimum absolute atomic E-state index is 0.0294. The highest BCUT2D eigenvalue weighted by molar-refractivity contribution is 6.16. The fraction of sp³-hybridized carbons (Fsp3) is 0.304. The second kappa shape index (κ2) is 9.19. The summed E-state index contributed by atoms with van der Waals surface area (Å²) in [6.07, 6.45) is 1.36. The molecule has 10 heteroatoms. The molecule has 0 bridgehead atoms. The van der Waals surface area contributed by atoms with Gasteiger partial charge < -0.3 is 29.6 Å². The van der Waals surface area contributed by atoms with E-state index in [1.54, 1.807) is 31.2 Å². The summed E-state index contributed by atoms with van der Waals surface area (Å²) in [6, 6.07) is 6.43. The molecular weight excluding hydrogens is 432 g/mol. The molecule has 0 aliphatic carbocycles. The molecule has 3 rings (SSSR count). The molecule has 2 heterocycles. The van der Waals surface area contributed by atoms with Gasteiger partial charge in [0, 0.05) is 11.3 Å². The van der Waals surface area contributed by atoms with Gasteiger partial charge in [-0.05, 0) is 19.9 Å². The molecule has 0 aromatic heterocycles. The van der Waals surface area contributed by atoms with Gasteiger partial charge in [-0.2, -0.15) is 0 Å². The Labute approximate surface area is 190 Å². The van der Waals surface area contributed by atoms with Crippen LogP contribution < -0.4 is 10.6 Å². The standard InChI is InChI=1S/C23H24N2O8/c1-5-11-32-20(27)17-13(3)33-22(29)23(17)14-9-7-8-10-15(14)25(12-16(26)30-4)19(24)18(23)21(28)31-6-2/h5,7-10H,1,6,11-12,24H2,2-4H3/t23-/m1/s1. The number of carbonyl (C=O) groups is 4. The summed E-state index contributed by atoms with van der Waals surface area (Å²) in [6.45, 7) is 5.99. The lowest BCUT2D eigenvalue weighted by molar-refractivity contribution is -0.147. The predicted octanol–water partition coefficient (Wildman–Crippen LogP) is 1.21. The Morgan fingerprint density at radius 1 is 1.18 bits per heavy atom. The molecule has 2 aliphatic heterocycles. The van der Waals surface area contributed by atoms with Crippen LogP contribution in [0.25, 0.3) is 0 Å². The average Bonchev–Trinajstić information content (AvgIpc) is 3.05. The van der Waals surface area contributed by atoms with Crippen LogP contribution in [0.15, 0.2) is 59.6 Å². The number of nitrogens with two attached hydrogens (primary N) is 1. The normalized spacial score (nSPS) is 19.2. The highest BCUT2D eigenvalue weighted by Crippen LogP contribution is 2.54. The zero-order valence-electron chi connectivity index (χ0n) is 18.5. The van der Waals surface area contributed by atoms with E-state index in [4.69, 9.17) is 24.7 Å². The molecule has 174 valence electrons. The first-order valence-corrected chi connectivity index (χ1v) is 10.1. The maximum atomic E-state index is 13.5. The van der Waals surface area contributed by atoms with Crippen molar-refractivity contribution in [3.63, 3.8) is 0 Å². The van der Waals surface area contributed by atoms with Gasteiger partial charge in [0.05, 0.1) is 13.7 Å². The number of rotatable bonds is 7. The smallest absolute Gasteiger partial charge is 0.339 e. The van der Waals surface area contributed by atoms with E-state index in [9.17, 15) is 19.2 Å². The second-order valence-electron chi connectivity index (χ2n) is 7.12. The van der Waals surface area contributed by atoms with Crippen molar-refractivity contribution in [2.75, 3.05) is 31.8 Å². The summed E-state index contributed by atoms with van der Waals surface area (Å²) in [5.41, 5.74) is 4.31. The van der Waals surface area contributed by atoms with Crippen molar-refractivity contribution in [3.05, 3.63) is 65.2 Å². The van der Waals surface area contributed by atoms with E-state index in [0.717, 1.165) is 0 Å². The number of allylic oxidation sites excluding steroid dienone is 1. The molecule has 0 fully saturated rings. The van der Waals surface area contributed by atoms with E-state index in [-0.39, 0.29) is 48.0 Å². The third-order valence-electron chi connectivity index (χ3n) is 5.33. The van der Waals surface area contributed by atoms with Gasteiger partial charge in [-0.3, -0.25) is 4.79 Å². The fourth-order valence-corrected chi connectivity index (χ4v) is 4.05. The van der Waals surface area contributed by atoms with Crippen molar-refractivity contribution in [1.29, 1.82) is 0 Å². The Balaban J connectivity index is 2.39. The minimum atomic E-state index is -2.05. The van der Waals surface area contributed by atoms with E-state index in [2.05, 4.69) is 6.58 Å². The number of para-hydroxylation sites is 1. The zero-order chi connectivity index (χ0) is 24.3. The first-order valence-electron chi connectivity index (χ1n) is 10.1. The third kappa shape index (κ3) is 3.63. The molecule has 10 nitrogen and oxygen atoms in total. The van der Waals surface area contributed by atoms with E-state index >= 15 is 0 Å². The average molecular weight is 456 g/mol. The summed E-state index contributed by atoms with van der Waals surface area (Å²) < 4.78 is 20.6. The quantitative estimate of drug-likeness (QED) is 0.362. The van der Waals surface area contributed by atoms with Crippen LogP contribution >= 0.6 is 0 Å². The van der Waals surface area contributed by atoms with Gasteiger partial charge in [0.25, 0.3) is 0 Å². The molecule has 33 heavy (non-hydrogen) atoms. The van der Waals surface area contributed by atoms with Gasteiger partial charge >= 0.3 is 23.9 Å². The van der Waals surface area contributed by atoms with Gasteiger partial charge in [0.1, 0.15) is 35.9 Å². The number of benzene rings is 1. The Morgan fingerprint density at radius 3 is 2.48 bits per heavy atom. The number of cyclic esters (lactones) is 1. The Bertz CT molecular complexity index is 1100. The van der Waals surface area contributed by atoms with Crippen LogP contribution in [0.3, 0.4) is 0 Å². The molecule has 0 saturated carbocycles. The molecule has 0 radical (unpaired) electrons. The fourth-order valence-electron chi connectivity index (χ4n) is 4.05. The summed E-state index contributed by atoms with van der Waals surface area (Å²) in [7, 11) is 1.21. The van der Waals surface area contributed by atoms with Gasteiger partial charge in [-0.25, -0.2) is 14.4 Å². The molecule has 1 spiro atoms. The highest BCUT2D eigenvalue weighted by Gasteiger charge is 2.63. The topological polar surface area (TPSA) is 134 Å². The first kappa shape index (κ1) is 23.6. The number of hydrogen-bond acceptors (Lipinski definition) is 10. The number of fused-ring (bicyclic) bond motifs is 2. The van der Waals surface area contributed by atoms with Crippen LogP contribution in [-0.2, 0) is 43.5 Å². The van der Waals surface area contributed by atoms with Crippen molar-refractivity contribution < 1.29 is 38.1 Å². The van der Waals surface area contributed by atoms with E-state index < -0.39 is 29.3 Å². The van der Waals surface area contributed by atoms with Crippen LogP contribution in [0.2, 0.25) is 0 Å². The van der Waals surface area contributed by atoms with Gasteiger partial charge in [0.15, 0.2) is 5.41 Å². The molecule has 2 aliphatic rings. The monoisotopic (exact) mass is 456 g/mol. The summed E-state index contributed by atoms with van der Waals surface area (Å²) in [5.74, 6) is -3.68. The van der Waals surface area contributed by atoms with Crippen molar-refractivity contribution in [1.82, 2.24) is 0 Å². The lowest BCUT2D eigenvalue weighted by Crippen LogP contribution is -2.51. The number of carbonyl (C=O) groups excluding carboxylic acids is 4. The van der Waals surface area contributed by atoms with Gasteiger partial charge in [-0.1, -0.05) is 30.9 Å². The predicted molar refractivity (Wildman–Crippen MR) is 115 cm³/mol. The van der Waals surface area contributed by atoms with Gasteiger partial charge in [-0.15, -0.1) is 0 Å². The number of anilines is 1. The first-order chi connectivity index (χ1) is 15.7. The Hall–Kier alpha value is -4.08. The van der Waals surface area contributed by atoms with Crippen LogP contribution in [0.1, 0.15) is 19.4 Å². The largest absolute Gasteiger partial charge is 0.468 e. The molecule has 1 aromatic carbocycles. The summed E-state index contributed by atoms with van der Waals surface area (Å²) in [4.78, 5) is 53.2. The van der Waals surface area contributed by atoms with Crippen molar-refractivity contribution >= 4 is 29.6 Å². The van der Waals surface area contributed by atoms with Crippen LogP contribution in [0.5, 0.6) is 0 Å². The van der Waals surface area contributed by atoms with Crippen LogP contribution in [0.4, 0.5) is 5.69 Å². The van der Waals surface area contributed by atoms with Crippen LogP contribution in [0, 0.1) is 0 Å². The number of methoxy groups -OCH3 is 1.